The summed E-state index contributed by atoms with van der Waals surface area (Å²) in [5, 5.41) is 0. The minimum atomic E-state index is -3.67. The molecule has 2 rings (SSSR count). The van der Waals surface area contributed by atoms with Crippen LogP contribution >= 0.6 is 0 Å². The lowest BCUT2D eigenvalue weighted by Gasteiger charge is -2.34. The Morgan fingerprint density at radius 3 is 2.14 bits per heavy atom. The Bertz CT molecular complexity index is 634. The van der Waals surface area contributed by atoms with Gasteiger partial charge < -0.3 is 14.2 Å². The van der Waals surface area contributed by atoms with E-state index in [9.17, 15) is 8.42 Å². The van der Waals surface area contributed by atoms with Crippen LogP contribution in [0.25, 0.3) is 0 Å². The van der Waals surface area contributed by atoms with Gasteiger partial charge in [0.25, 0.3) is 0 Å². The zero-order chi connectivity index (χ0) is 16.5. The highest BCUT2D eigenvalue weighted by Gasteiger charge is 2.34. The summed E-state index contributed by atoms with van der Waals surface area (Å²) in [7, 11) is -0.691. The molecular weight excluding hydrogens is 306 g/mol. The van der Waals surface area contributed by atoms with Crippen LogP contribution in [0.3, 0.4) is 0 Å². The molecule has 0 radical (unpaired) electrons. The number of hydrogen-bond donors (Lipinski definition) is 0. The lowest BCUT2D eigenvalue weighted by Crippen LogP contribution is -2.48. The van der Waals surface area contributed by atoms with Gasteiger partial charge in [0.2, 0.25) is 10.0 Å². The van der Waals surface area contributed by atoms with Crippen molar-refractivity contribution < 1.29 is 22.6 Å². The second kappa shape index (κ2) is 6.44. The fourth-order valence-corrected chi connectivity index (χ4v) is 4.43. The first-order valence-electron chi connectivity index (χ1n) is 7.17. The topological polar surface area (TPSA) is 65.1 Å². The molecule has 124 valence electrons. The highest BCUT2D eigenvalue weighted by atomic mass is 32.2. The van der Waals surface area contributed by atoms with Crippen molar-refractivity contribution in [3.63, 3.8) is 0 Å². The molecule has 1 aliphatic heterocycles. The molecule has 1 fully saturated rings. The van der Waals surface area contributed by atoms with E-state index in [1.165, 1.54) is 24.6 Å². The van der Waals surface area contributed by atoms with Crippen molar-refractivity contribution in [3.05, 3.63) is 17.7 Å². The lowest BCUT2D eigenvalue weighted by atomic mass is 10.2. The van der Waals surface area contributed by atoms with Gasteiger partial charge in [-0.25, -0.2) is 8.42 Å². The third-order valence-electron chi connectivity index (χ3n) is 3.69. The summed E-state index contributed by atoms with van der Waals surface area (Å²) in [6.07, 6.45) is -0.284. The number of benzene rings is 1. The maximum Gasteiger partial charge on any atom is 0.247 e. The van der Waals surface area contributed by atoms with Crippen LogP contribution in [0.4, 0.5) is 0 Å². The molecule has 0 bridgehead atoms. The average molecular weight is 329 g/mol. The minimum absolute atomic E-state index is 0.124. The van der Waals surface area contributed by atoms with Crippen molar-refractivity contribution in [2.45, 2.75) is 37.9 Å². The first kappa shape index (κ1) is 17.1. The van der Waals surface area contributed by atoms with Crippen LogP contribution in [0.5, 0.6) is 11.5 Å². The first-order chi connectivity index (χ1) is 10.3. The number of aryl methyl sites for hydroxylation is 1. The van der Waals surface area contributed by atoms with Crippen LogP contribution < -0.4 is 9.47 Å². The van der Waals surface area contributed by atoms with E-state index in [4.69, 9.17) is 14.2 Å². The van der Waals surface area contributed by atoms with Crippen molar-refractivity contribution in [1.82, 2.24) is 4.31 Å². The normalized spacial score (nSPS) is 23.3. The second-order valence-corrected chi connectivity index (χ2v) is 7.46. The fraction of sp³-hybridized carbons (Fsp3) is 0.600. The Kier molecular flexibility index (Phi) is 4.99. The fourth-order valence-electron chi connectivity index (χ4n) is 2.69. The molecule has 0 amide bonds. The van der Waals surface area contributed by atoms with E-state index in [0.29, 0.717) is 24.6 Å². The molecule has 1 saturated heterocycles. The molecule has 1 aliphatic rings. The van der Waals surface area contributed by atoms with E-state index in [0.717, 1.165) is 5.56 Å². The van der Waals surface area contributed by atoms with Crippen LogP contribution in [0.2, 0.25) is 0 Å². The summed E-state index contributed by atoms with van der Waals surface area (Å²) in [5.41, 5.74) is 0.821. The summed E-state index contributed by atoms with van der Waals surface area (Å²) in [6.45, 7) is 6.23. The maximum absolute atomic E-state index is 13.0. The van der Waals surface area contributed by atoms with Gasteiger partial charge in [-0.05, 0) is 32.4 Å². The number of sulfonamides is 1. The van der Waals surface area contributed by atoms with Gasteiger partial charge in [-0.3, -0.25) is 0 Å². The Labute approximate surface area is 132 Å². The van der Waals surface area contributed by atoms with Crippen LogP contribution in [-0.4, -0.2) is 52.2 Å². The SMILES string of the molecule is COc1cc(S(=O)(=O)N2C[C@@H](C)O[C@@H](C)C2)c(OC)cc1C. The third kappa shape index (κ3) is 3.21. The summed E-state index contributed by atoms with van der Waals surface area (Å²) in [5.74, 6) is 0.846. The number of hydrogen-bond acceptors (Lipinski definition) is 5. The predicted molar refractivity (Wildman–Crippen MR) is 83.1 cm³/mol. The van der Waals surface area contributed by atoms with Crippen molar-refractivity contribution in [2.24, 2.45) is 0 Å². The second-order valence-electron chi connectivity index (χ2n) is 5.55. The van der Waals surface area contributed by atoms with Crippen LogP contribution in [0.1, 0.15) is 19.4 Å². The van der Waals surface area contributed by atoms with Crippen molar-refractivity contribution >= 4 is 10.0 Å². The summed E-state index contributed by atoms with van der Waals surface area (Å²) >= 11 is 0. The van der Waals surface area contributed by atoms with Gasteiger partial charge in [0, 0.05) is 19.2 Å². The maximum atomic E-state index is 13.0. The van der Waals surface area contributed by atoms with Gasteiger partial charge in [-0.15, -0.1) is 0 Å². The van der Waals surface area contributed by atoms with E-state index >= 15 is 0 Å². The largest absolute Gasteiger partial charge is 0.496 e. The highest BCUT2D eigenvalue weighted by Crippen LogP contribution is 2.34. The first-order valence-corrected chi connectivity index (χ1v) is 8.61. The number of morpholine rings is 1. The molecule has 1 aromatic rings. The summed E-state index contributed by atoms with van der Waals surface area (Å²) in [4.78, 5) is 0.124. The molecule has 0 unspecified atom stereocenters. The molecule has 1 aromatic carbocycles. The molecule has 7 heteroatoms. The molecule has 2 atom stereocenters. The van der Waals surface area contributed by atoms with E-state index < -0.39 is 10.0 Å². The Morgan fingerprint density at radius 1 is 1.09 bits per heavy atom. The van der Waals surface area contributed by atoms with E-state index in [-0.39, 0.29) is 17.1 Å². The van der Waals surface area contributed by atoms with Gasteiger partial charge in [0.15, 0.2) is 0 Å². The van der Waals surface area contributed by atoms with Crippen LogP contribution in [0.15, 0.2) is 17.0 Å². The molecule has 6 nitrogen and oxygen atoms in total. The van der Waals surface area contributed by atoms with Gasteiger partial charge in [0.05, 0.1) is 26.4 Å². The third-order valence-corrected chi connectivity index (χ3v) is 5.54. The van der Waals surface area contributed by atoms with E-state index in [2.05, 4.69) is 0 Å². The molecule has 0 spiro atoms. The van der Waals surface area contributed by atoms with Crippen LogP contribution in [-0.2, 0) is 14.8 Å². The highest BCUT2D eigenvalue weighted by molar-refractivity contribution is 7.89. The zero-order valence-corrected chi connectivity index (χ0v) is 14.4. The van der Waals surface area contributed by atoms with Crippen molar-refractivity contribution in [2.75, 3.05) is 27.3 Å². The Morgan fingerprint density at radius 2 is 1.64 bits per heavy atom. The van der Waals surface area contributed by atoms with Crippen molar-refractivity contribution in [3.8, 4) is 11.5 Å². The lowest BCUT2D eigenvalue weighted by molar-refractivity contribution is -0.0441. The number of rotatable bonds is 4. The molecule has 0 N–H and O–H groups in total. The number of nitrogens with zero attached hydrogens (tertiary/aromatic N) is 1. The Hall–Kier alpha value is -1.31. The summed E-state index contributed by atoms with van der Waals surface area (Å²) < 4.78 is 43.5. The number of ether oxygens (including phenoxy) is 3. The van der Waals surface area contributed by atoms with E-state index in [1.807, 2.05) is 20.8 Å². The molecule has 0 aromatic heterocycles. The molecule has 22 heavy (non-hydrogen) atoms. The molecule has 1 heterocycles. The van der Waals surface area contributed by atoms with E-state index in [1.54, 1.807) is 6.07 Å². The van der Waals surface area contributed by atoms with Gasteiger partial charge >= 0.3 is 0 Å². The van der Waals surface area contributed by atoms with Gasteiger partial charge in [0.1, 0.15) is 16.4 Å². The molecule has 0 saturated carbocycles. The minimum Gasteiger partial charge on any atom is -0.496 e. The average Bonchev–Trinajstić information content (AvgIpc) is 2.45. The van der Waals surface area contributed by atoms with Gasteiger partial charge in [-0.2, -0.15) is 4.31 Å². The molecular formula is C15H23NO5S. The molecule has 0 aliphatic carbocycles. The quantitative estimate of drug-likeness (QED) is 0.843. The zero-order valence-electron chi connectivity index (χ0n) is 13.6. The Balaban J connectivity index is 2.48. The summed E-state index contributed by atoms with van der Waals surface area (Å²) in [6, 6.07) is 3.20. The number of methoxy groups -OCH3 is 2. The monoisotopic (exact) mass is 329 g/mol. The smallest absolute Gasteiger partial charge is 0.247 e. The standard InChI is InChI=1S/C15H23NO5S/c1-10-6-14(20-5)15(7-13(10)19-4)22(17,18)16-8-11(2)21-12(3)9-16/h6-7,11-12H,8-9H2,1-5H3/t11-,12+. The predicted octanol–water partition coefficient (Wildman–Crippen LogP) is 1.81. The van der Waals surface area contributed by atoms with Crippen LogP contribution in [0, 0.1) is 6.92 Å². The van der Waals surface area contributed by atoms with Gasteiger partial charge in [-0.1, -0.05) is 0 Å². The van der Waals surface area contributed by atoms with Crippen molar-refractivity contribution in [1.29, 1.82) is 0 Å².